The minimum absolute atomic E-state index is 0.0891. The molecule has 0 heterocycles. The van der Waals surface area contributed by atoms with Gasteiger partial charge in [0.25, 0.3) is 0 Å². The molecule has 0 fully saturated rings. The van der Waals surface area contributed by atoms with Crippen molar-refractivity contribution in [2.24, 2.45) is 0 Å². The van der Waals surface area contributed by atoms with Crippen molar-refractivity contribution in [3.63, 3.8) is 0 Å². The predicted octanol–water partition coefficient (Wildman–Crippen LogP) is 3.18. The van der Waals surface area contributed by atoms with Crippen LogP contribution in [0.2, 0.25) is 0 Å². The maximum atomic E-state index is 9.83. The molecule has 23 heavy (non-hydrogen) atoms. The number of ether oxygens (including phenoxy) is 4. The van der Waals surface area contributed by atoms with Crippen molar-refractivity contribution in [1.82, 2.24) is 0 Å². The summed E-state index contributed by atoms with van der Waals surface area (Å²) in [5.41, 5.74) is 1.04. The van der Waals surface area contributed by atoms with Crippen LogP contribution in [0, 0.1) is 0 Å². The number of aliphatic hydroxyl groups is 1. The largest absolute Gasteiger partial charge is 0.493 e. The van der Waals surface area contributed by atoms with Crippen molar-refractivity contribution in [1.29, 1.82) is 0 Å². The Bertz CT molecular complexity index is 433. The van der Waals surface area contributed by atoms with Gasteiger partial charge in [-0.1, -0.05) is 19.4 Å². The van der Waals surface area contributed by atoms with Gasteiger partial charge in [-0.2, -0.15) is 0 Å². The van der Waals surface area contributed by atoms with E-state index in [0.717, 1.165) is 25.0 Å². The molecule has 0 saturated carbocycles. The second kappa shape index (κ2) is 11.3. The smallest absolute Gasteiger partial charge is 0.161 e. The Morgan fingerprint density at radius 3 is 2.57 bits per heavy atom. The zero-order chi connectivity index (χ0) is 17.1. The van der Waals surface area contributed by atoms with Crippen molar-refractivity contribution in [3.05, 3.63) is 23.8 Å². The minimum atomic E-state index is -0.667. The van der Waals surface area contributed by atoms with E-state index in [1.165, 1.54) is 0 Å². The average Bonchev–Trinajstić information content (AvgIpc) is 2.55. The number of unbranched alkanes of at least 4 members (excludes halogenated alkanes) is 1. The van der Waals surface area contributed by atoms with Gasteiger partial charge < -0.3 is 24.1 Å². The van der Waals surface area contributed by atoms with Gasteiger partial charge in [-0.15, -0.1) is 0 Å². The lowest BCUT2D eigenvalue weighted by Gasteiger charge is -2.16. The molecule has 0 bridgehead atoms. The molecule has 5 heteroatoms. The molecule has 1 N–H and O–H groups in total. The highest BCUT2D eigenvalue weighted by Gasteiger charge is 2.10. The molecule has 0 radical (unpaired) electrons. The molecule has 132 valence electrons. The van der Waals surface area contributed by atoms with Gasteiger partial charge in [-0.3, -0.25) is 0 Å². The zero-order valence-corrected chi connectivity index (χ0v) is 14.7. The number of hydrogen-bond donors (Lipinski definition) is 1. The van der Waals surface area contributed by atoms with E-state index in [-0.39, 0.29) is 19.3 Å². The van der Waals surface area contributed by atoms with E-state index in [9.17, 15) is 5.11 Å². The normalized spacial score (nSPS) is 12.4. The predicted molar refractivity (Wildman–Crippen MR) is 90.1 cm³/mol. The van der Waals surface area contributed by atoms with Gasteiger partial charge in [0.05, 0.1) is 26.4 Å². The molecule has 0 aromatic heterocycles. The molecule has 0 aliphatic carbocycles. The Hall–Kier alpha value is -1.30. The number of benzene rings is 1. The van der Waals surface area contributed by atoms with Crippen LogP contribution in [-0.2, 0) is 16.1 Å². The first-order chi connectivity index (χ1) is 11.1. The third-order valence-corrected chi connectivity index (χ3v) is 3.19. The highest BCUT2D eigenvalue weighted by atomic mass is 16.5. The Kier molecular flexibility index (Phi) is 9.67. The van der Waals surface area contributed by atoms with Crippen LogP contribution < -0.4 is 9.47 Å². The van der Waals surface area contributed by atoms with Gasteiger partial charge in [-0.25, -0.2) is 0 Å². The Morgan fingerprint density at radius 1 is 1.13 bits per heavy atom. The maximum Gasteiger partial charge on any atom is 0.161 e. The van der Waals surface area contributed by atoms with Crippen LogP contribution in [0.1, 0.15) is 39.2 Å². The molecule has 1 aromatic carbocycles. The average molecular weight is 326 g/mol. The topological polar surface area (TPSA) is 57.2 Å². The van der Waals surface area contributed by atoms with E-state index in [1.54, 1.807) is 7.11 Å². The SMILES string of the molecule is CCCCOCc1ccc(OCC(O)COC(C)C)c(OC)c1. The molecule has 1 aromatic rings. The van der Waals surface area contributed by atoms with Gasteiger partial charge in [-0.05, 0) is 38.0 Å². The number of rotatable bonds is 12. The van der Waals surface area contributed by atoms with Gasteiger partial charge in [0.15, 0.2) is 11.5 Å². The summed E-state index contributed by atoms with van der Waals surface area (Å²) in [6, 6.07) is 5.69. The molecule has 0 saturated heterocycles. The minimum Gasteiger partial charge on any atom is -0.493 e. The number of hydrogen-bond acceptors (Lipinski definition) is 5. The molecular formula is C18H30O5. The fraction of sp³-hybridized carbons (Fsp3) is 0.667. The van der Waals surface area contributed by atoms with E-state index >= 15 is 0 Å². The van der Waals surface area contributed by atoms with Crippen LogP contribution in [-0.4, -0.2) is 44.2 Å². The van der Waals surface area contributed by atoms with E-state index < -0.39 is 6.10 Å². The summed E-state index contributed by atoms with van der Waals surface area (Å²) in [6.45, 7) is 7.73. The van der Waals surface area contributed by atoms with Crippen LogP contribution in [0.3, 0.4) is 0 Å². The highest BCUT2D eigenvalue weighted by molar-refractivity contribution is 5.42. The second-order valence-electron chi connectivity index (χ2n) is 5.74. The summed E-state index contributed by atoms with van der Waals surface area (Å²) in [5, 5.41) is 9.83. The number of aliphatic hydroxyl groups excluding tert-OH is 1. The Morgan fingerprint density at radius 2 is 1.91 bits per heavy atom. The highest BCUT2D eigenvalue weighted by Crippen LogP contribution is 2.28. The standard InChI is InChI=1S/C18H30O5/c1-5-6-9-21-11-15-7-8-17(18(10-15)20-4)23-13-16(19)12-22-14(2)3/h7-8,10,14,16,19H,5-6,9,11-13H2,1-4H3. The summed E-state index contributed by atoms with van der Waals surface area (Å²) < 4.78 is 21.9. The Labute approximate surface area is 139 Å². The lowest BCUT2D eigenvalue weighted by atomic mass is 10.2. The summed E-state index contributed by atoms with van der Waals surface area (Å²) in [5.74, 6) is 1.24. The Balaban J connectivity index is 2.48. The van der Waals surface area contributed by atoms with Crippen LogP contribution in [0.5, 0.6) is 11.5 Å². The summed E-state index contributed by atoms with van der Waals surface area (Å²) in [7, 11) is 1.60. The monoisotopic (exact) mass is 326 g/mol. The van der Waals surface area contributed by atoms with Crippen molar-refractivity contribution >= 4 is 0 Å². The van der Waals surface area contributed by atoms with Gasteiger partial charge in [0, 0.05) is 6.61 Å². The first-order valence-corrected chi connectivity index (χ1v) is 8.23. The quantitative estimate of drug-likeness (QED) is 0.598. The molecule has 1 rings (SSSR count). The van der Waals surface area contributed by atoms with E-state index in [2.05, 4.69) is 6.92 Å². The molecule has 0 spiro atoms. The van der Waals surface area contributed by atoms with Gasteiger partial charge >= 0.3 is 0 Å². The molecule has 5 nitrogen and oxygen atoms in total. The molecule has 1 unspecified atom stereocenters. The van der Waals surface area contributed by atoms with Crippen molar-refractivity contribution in [2.45, 2.75) is 52.4 Å². The van der Waals surface area contributed by atoms with Crippen LogP contribution in [0.4, 0.5) is 0 Å². The molecule has 0 aliphatic rings. The molecule has 0 aliphatic heterocycles. The van der Waals surface area contributed by atoms with Crippen molar-refractivity contribution < 1.29 is 24.1 Å². The number of methoxy groups -OCH3 is 1. The fourth-order valence-corrected chi connectivity index (χ4v) is 1.90. The first kappa shape index (κ1) is 19.7. The van der Waals surface area contributed by atoms with Gasteiger partial charge in [0.2, 0.25) is 0 Å². The molecular weight excluding hydrogens is 296 g/mol. The first-order valence-electron chi connectivity index (χ1n) is 8.23. The fourth-order valence-electron chi connectivity index (χ4n) is 1.90. The third-order valence-electron chi connectivity index (χ3n) is 3.19. The van der Waals surface area contributed by atoms with E-state index in [1.807, 2.05) is 32.0 Å². The second-order valence-corrected chi connectivity index (χ2v) is 5.74. The van der Waals surface area contributed by atoms with Crippen LogP contribution >= 0.6 is 0 Å². The molecule has 1 atom stereocenters. The van der Waals surface area contributed by atoms with Crippen molar-refractivity contribution in [3.8, 4) is 11.5 Å². The van der Waals surface area contributed by atoms with E-state index in [0.29, 0.717) is 18.1 Å². The molecule has 0 amide bonds. The van der Waals surface area contributed by atoms with Crippen molar-refractivity contribution in [2.75, 3.05) is 26.9 Å². The lowest BCUT2D eigenvalue weighted by molar-refractivity contribution is -0.0125. The summed E-state index contributed by atoms with van der Waals surface area (Å²) in [6.07, 6.45) is 1.61. The van der Waals surface area contributed by atoms with Gasteiger partial charge in [0.1, 0.15) is 12.7 Å². The third kappa shape index (κ3) is 8.21. The van der Waals surface area contributed by atoms with E-state index in [4.69, 9.17) is 18.9 Å². The zero-order valence-electron chi connectivity index (χ0n) is 14.7. The summed E-state index contributed by atoms with van der Waals surface area (Å²) in [4.78, 5) is 0. The lowest BCUT2D eigenvalue weighted by Crippen LogP contribution is -2.25. The van der Waals surface area contributed by atoms with Crippen LogP contribution in [0.15, 0.2) is 18.2 Å². The maximum absolute atomic E-state index is 9.83. The summed E-state index contributed by atoms with van der Waals surface area (Å²) >= 11 is 0. The van der Waals surface area contributed by atoms with Crippen LogP contribution in [0.25, 0.3) is 0 Å².